The smallest absolute Gasteiger partial charge is 0.264 e. The van der Waals surface area contributed by atoms with Crippen LogP contribution >= 0.6 is 0 Å². The van der Waals surface area contributed by atoms with Crippen LogP contribution in [0.1, 0.15) is 30.6 Å². The van der Waals surface area contributed by atoms with Crippen molar-refractivity contribution in [2.45, 2.75) is 26.3 Å². The summed E-state index contributed by atoms with van der Waals surface area (Å²) in [4.78, 5) is 25.8. The molecule has 0 saturated heterocycles. The highest BCUT2D eigenvalue weighted by atomic mass is 16.5. The number of carbonyl (C=O) groups is 2. The molecule has 3 rings (SSSR count). The summed E-state index contributed by atoms with van der Waals surface area (Å²) in [5.74, 6) is 0.498. The van der Waals surface area contributed by atoms with E-state index in [4.69, 9.17) is 4.74 Å². The van der Waals surface area contributed by atoms with Crippen molar-refractivity contribution in [1.82, 2.24) is 0 Å². The molecule has 1 heterocycles. The first-order valence-electron chi connectivity index (χ1n) is 8.44. The van der Waals surface area contributed by atoms with Crippen molar-refractivity contribution in [3.8, 4) is 5.75 Å². The highest BCUT2D eigenvalue weighted by Crippen LogP contribution is 2.29. The van der Waals surface area contributed by atoms with Gasteiger partial charge in [0.2, 0.25) is 0 Å². The van der Waals surface area contributed by atoms with Crippen molar-refractivity contribution in [2.24, 2.45) is 0 Å². The Balaban J connectivity index is 1.69. The molecule has 1 atom stereocenters. The summed E-state index contributed by atoms with van der Waals surface area (Å²) < 4.78 is 5.62. The average Bonchev–Trinajstić information content (AvgIpc) is 2.78. The first-order valence-corrected chi connectivity index (χ1v) is 8.44. The van der Waals surface area contributed by atoms with Gasteiger partial charge in [0.05, 0.1) is 11.4 Å². The van der Waals surface area contributed by atoms with Crippen LogP contribution in [0.15, 0.2) is 48.5 Å². The maximum atomic E-state index is 12.7. The molecule has 0 radical (unpaired) electrons. The number of fused-ring (bicyclic) bond motifs is 1. The van der Waals surface area contributed by atoms with Crippen LogP contribution in [0.5, 0.6) is 5.75 Å². The van der Waals surface area contributed by atoms with Gasteiger partial charge in [-0.2, -0.15) is 0 Å². The van der Waals surface area contributed by atoms with Crippen molar-refractivity contribution in [3.05, 3.63) is 54.1 Å². The predicted molar refractivity (Wildman–Crippen MR) is 98.4 cm³/mol. The van der Waals surface area contributed by atoms with Crippen LogP contribution in [0.4, 0.5) is 11.4 Å². The Bertz CT molecular complexity index is 771. The lowest BCUT2D eigenvalue weighted by Crippen LogP contribution is -2.35. The van der Waals surface area contributed by atoms with Gasteiger partial charge < -0.3 is 15.0 Å². The summed E-state index contributed by atoms with van der Waals surface area (Å²) in [5.41, 5.74) is 2.47. The third-order valence-corrected chi connectivity index (χ3v) is 4.31. The molecule has 5 heteroatoms. The second-order valence-electron chi connectivity index (χ2n) is 6.27. The summed E-state index contributed by atoms with van der Waals surface area (Å²) in [6, 6.07) is 15.0. The van der Waals surface area contributed by atoms with E-state index in [1.165, 1.54) is 6.92 Å². The molecule has 1 aliphatic heterocycles. The number of carbonyl (C=O) groups excluding carboxylic acids is 2. The fourth-order valence-electron chi connectivity index (χ4n) is 2.88. The van der Waals surface area contributed by atoms with Crippen LogP contribution in [-0.4, -0.2) is 30.9 Å². The molecule has 1 aliphatic rings. The molecule has 0 aromatic heterocycles. The van der Waals surface area contributed by atoms with E-state index in [2.05, 4.69) is 12.2 Å². The van der Waals surface area contributed by atoms with Gasteiger partial charge in [0.1, 0.15) is 5.75 Å². The van der Waals surface area contributed by atoms with Crippen molar-refractivity contribution < 1.29 is 14.3 Å². The number of nitrogens with one attached hydrogen (secondary N) is 1. The molecule has 0 bridgehead atoms. The van der Waals surface area contributed by atoms with Crippen LogP contribution < -0.4 is 15.0 Å². The number of para-hydroxylation sites is 2. The number of amides is 1. The molecular weight excluding hydrogens is 316 g/mol. The summed E-state index contributed by atoms with van der Waals surface area (Å²) in [6.07, 6.45) is 0.869. The van der Waals surface area contributed by atoms with Crippen molar-refractivity contribution in [3.63, 3.8) is 0 Å². The fourth-order valence-corrected chi connectivity index (χ4v) is 2.88. The number of hydrogen-bond acceptors (Lipinski definition) is 4. The molecule has 0 unspecified atom stereocenters. The summed E-state index contributed by atoms with van der Waals surface area (Å²) in [6.45, 7) is 4.24. The quantitative estimate of drug-likeness (QED) is 0.867. The number of benzene rings is 2. The van der Waals surface area contributed by atoms with Gasteiger partial charge in [0, 0.05) is 18.2 Å². The Morgan fingerprint density at radius 2 is 1.88 bits per heavy atom. The third-order valence-electron chi connectivity index (χ3n) is 4.31. The molecule has 5 nitrogen and oxygen atoms in total. The van der Waals surface area contributed by atoms with E-state index >= 15 is 0 Å². The second kappa shape index (κ2) is 7.38. The van der Waals surface area contributed by atoms with Gasteiger partial charge in [-0.1, -0.05) is 12.1 Å². The van der Waals surface area contributed by atoms with E-state index < -0.39 is 0 Å². The predicted octanol–water partition coefficient (Wildman–Crippen LogP) is 3.51. The van der Waals surface area contributed by atoms with Crippen LogP contribution in [0.2, 0.25) is 0 Å². The highest BCUT2D eigenvalue weighted by Gasteiger charge is 2.23. The van der Waals surface area contributed by atoms with Gasteiger partial charge in [0.25, 0.3) is 5.91 Å². The minimum absolute atomic E-state index is 0.00502. The average molecular weight is 338 g/mol. The lowest BCUT2D eigenvalue weighted by atomic mass is 10.1. The Morgan fingerprint density at radius 3 is 2.60 bits per heavy atom. The molecule has 2 aromatic carbocycles. The van der Waals surface area contributed by atoms with E-state index in [0.29, 0.717) is 23.9 Å². The second-order valence-corrected chi connectivity index (χ2v) is 6.27. The number of nitrogens with zero attached hydrogens (tertiary/aromatic N) is 1. The first kappa shape index (κ1) is 17.0. The lowest BCUT2D eigenvalue weighted by Gasteiger charge is -2.22. The molecule has 1 amide bonds. The van der Waals surface area contributed by atoms with E-state index in [-0.39, 0.29) is 18.3 Å². The van der Waals surface area contributed by atoms with Crippen LogP contribution in [0.25, 0.3) is 0 Å². The van der Waals surface area contributed by atoms with E-state index in [1.54, 1.807) is 29.2 Å². The van der Waals surface area contributed by atoms with Crippen LogP contribution in [-0.2, 0) is 4.79 Å². The fraction of sp³-hybridized carbons (Fsp3) is 0.300. The van der Waals surface area contributed by atoms with E-state index in [9.17, 15) is 9.59 Å². The lowest BCUT2D eigenvalue weighted by molar-refractivity contribution is -0.120. The molecule has 25 heavy (non-hydrogen) atoms. The Morgan fingerprint density at radius 1 is 1.16 bits per heavy atom. The SMILES string of the molecule is CC(=O)c1ccc(OCC(=O)N2CC[C@@H](C)Nc3ccccc32)cc1. The maximum Gasteiger partial charge on any atom is 0.264 e. The summed E-state index contributed by atoms with van der Waals surface area (Å²) >= 11 is 0. The molecule has 0 spiro atoms. The Labute approximate surface area is 147 Å². The Kier molecular flexibility index (Phi) is 5.03. The summed E-state index contributed by atoms with van der Waals surface area (Å²) in [5, 5.41) is 3.43. The van der Waals surface area contributed by atoms with Crippen molar-refractivity contribution in [2.75, 3.05) is 23.4 Å². The zero-order chi connectivity index (χ0) is 17.8. The first-order chi connectivity index (χ1) is 12.0. The van der Waals surface area contributed by atoms with Gasteiger partial charge >= 0.3 is 0 Å². The molecule has 130 valence electrons. The van der Waals surface area contributed by atoms with Crippen molar-refractivity contribution in [1.29, 1.82) is 0 Å². The van der Waals surface area contributed by atoms with Gasteiger partial charge in [-0.15, -0.1) is 0 Å². The molecule has 2 aromatic rings. The zero-order valence-corrected chi connectivity index (χ0v) is 14.5. The van der Waals surface area contributed by atoms with E-state index in [0.717, 1.165) is 17.8 Å². The minimum atomic E-state index is -0.0843. The van der Waals surface area contributed by atoms with Gasteiger partial charge in [-0.3, -0.25) is 9.59 Å². The number of rotatable bonds is 4. The molecule has 0 aliphatic carbocycles. The maximum absolute atomic E-state index is 12.7. The van der Waals surface area contributed by atoms with Gasteiger partial charge in [-0.25, -0.2) is 0 Å². The highest BCUT2D eigenvalue weighted by molar-refractivity contribution is 5.98. The Hall–Kier alpha value is -2.82. The number of Topliss-reactive ketones (excluding diaryl/α,β-unsaturated/α-hetero) is 1. The zero-order valence-electron chi connectivity index (χ0n) is 14.5. The molecule has 1 N–H and O–H groups in total. The summed E-state index contributed by atoms with van der Waals surface area (Å²) in [7, 11) is 0. The largest absolute Gasteiger partial charge is 0.484 e. The number of ketones is 1. The topological polar surface area (TPSA) is 58.6 Å². The van der Waals surface area contributed by atoms with Crippen LogP contribution in [0, 0.1) is 0 Å². The third kappa shape index (κ3) is 3.99. The number of ether oxygens (including phenoxy) is 1. The molecule has 0 fully saturated rings. The van der Waals surface area contributed by atoms with Crippen molar-refractivity contribution >= 4 is 23.1 Å². The standard InChI is InChI=1S/C20H22N2O3/c1-14-11-12-22(19-6-4-3-5-18(19)21-14)20(24)13-25-17-9-7-16(8-10-17)15(2)23/h3-10,14,21H,11-13H2,1-2H3/t14-/m1/s1. The molecular formula is C20H22N2O3. The number of hydrogen-bond donors (Lipinski definition) is 1. The van der Waals surface area contributed by atoms with Gasteiger partial charge in [-0.05, 0) is 56.7 Å². The molecule has 0 saturated carbocycles. The van der Waals surface area contributed by atoms with Crippen LogP contribution in [0.3, 0.4) is 0 Å². The number of anilines is 2. The monoisotopic (exact) mass is 338 g/mol. The van der Waals surface area contributed by atoms with E-state index in [1.807, 2.05) is 24.3 Å². The normalized spacial score (nSPS) is 16.4. The minimum Gasteiger partial charge on any atom is -0.484 e. The van der Waals surface area contributed by atoms with Gasteiger partial charge in [0.15, 0.2) is 12.4 Å².